The fraction of sp³-hybridized carbons (Fsp3) is 0.200. The monoisotopic (exact) mass is 278 g/mol. The molecular formula is C10H10N6O2S. The Morgan fingerprint density at radius 1 is 1.37 bits per heavy atom. The number of nitriles is 1. The molecule has 0 aliphatic rings. The molecule has 2 aromatic heterocycles. The van der Waals surface area contributed by atoms with Crippen LogP contribution >= 0.6 is 0 Å². The van der Waals surface area contributed by atoms with E-state index in [-0.39, 0.29) is 22.1 Å². The van der Waals surface area contributed by atoms with Crippen molar-refractivity contribution in [2.45, 2.75) is 18.9 Å². The number of rotatable bonds is 2. The predicted octanol–water partition coefficient (Wildman–Crippen LogP) is -0.202. The van der Waals surface area contributed by atoms with Gasteiger partial charge in [-0.05, 0) is 13.8 Å². The van der Waals surface area contributed by atoms with Crippen LogP contribution in [-0.4, -0.2) is 28.2 Å². The van der Waals surface area contributed by atoms with Crippen molar-refractivity contribution >= 4 is 10.0 Å². The van der Waals surface area contributed by atoms with Crippen molar-refractivity contribution in [2.75, 3.05) is 0 Å². The number of aryl methyl sites for hydroxylation is 2. The van der Waals surface area contributed by atoms with Gasteiger partial charge in [0.2, 0.25) is 0 Å². The third-order valence-electron chi connectivity index (χ3n) is 2.41. The molecule has 2 rings (SSSR count). The molecule has 8 nitrogen and oxygen atoms in total. The van der Waals surface area contributed by atoms with Gasteiger partial charge in [0.05, 0.1) is 5.69 Å². The van der Waals surface area contributed by atoms with Crippen LogP contribution in [0.25, 0.3) is 5.82 Å². The molecule has 2 N–H and O–H groups in total. The number of hydrogen-bond donors (Lipinski definition) is 1. The lowest BCUT2D eigenvalue weighted by molar-refractivity contribution is 0.586. The van der Waals surface area contributed by atoms with Crippen molar-refractivity contribution in [1.29, 1.82) is 5.26 Å². The first-order chi connectivity index (χ1) is 8.84. The Hall–Kier alpha value is -2.31. The number of hydrogen-bond acceptors (Lipinski definition) is 6. The highest BCUT2D eigenvalue weighted by molar-refractivity contribution is 7.89. The number of sulfonamides is 1. The van der Waals surface area contributed by atoms with Gasteiger partial charge in [-0.15, -0.1) is 0 Å². The lowest BCUT2D eigenvalue weighted by Crippen LogP contribution is -2.19. The van der Waals surface area contributed by atoms with E-state index in [0.717, 1.165) is 4.68 Å². The van der Waals surface area contributed by atoms with Gasteiger partial charge in [0.25, 0.3) is 10.0 Å². The molecule has 0 saturated carbocycles. The lowest BCUT2D eigenvalue weighted by atomic mass is 10.3. The SMILES string of the molecule is Cc1cc(-n2nc(C)c(C#N)c2S(N)(=O)=O)ncn1. The summed E-state index contributed by atoms with van der Waals surface area (Å²) in [6.45, 7) is 3.25. The summed E-state index contributed by atoms with van der Waals surface area (Å²) >= 11 is 0. The molecule has 0 saturated heterocycles. The van der Waals surface area contributed by atoms with E-state index in [1.54, 1.807) is 19.1 Å². The minimum atomic E-state index is -4.10. The topological polar surface area (TPSA) is 128 Å². The van der Waals surface area contributed by atoms with Gasteiger partial charge in [-0.3, -0.25) is 0 Å². The normalized spacial score (nSPS) is 11.3. The summed E-state index contributed by atoms with van der Waals surface area (Å²) in [7, 11) is -4.10. The fourth-order valence-corrected chi connectivity index (χ4v) is 2.46. The van der Waals surface area contributed by atoms with E-state index < -0.39 is 10.0 Å². The van der Waals surface area contributed by atoms with Crippen LogP contribution < -0.4 is 5.14 Å². The standard InChI is InChI=1S/C10H10N6O2S/c1-6-3-9(14-5-13-6)16-10(19(12,17)18)8(4-11)7(2)15-16/h3,5H,1-2H3,(H2,12,17,18). The zero-order valence-electron chi connectivity index (χ0n) is 10.2. The van der Waals surface area contributed by atoms with Crippen molar-refractivity contribution in [3.8, 4) is 11.9 Å². The average molecular weight is 278 g/mol. The molecule has 0 aliphatic heterocycles. The molecule has 0 atom stereocenters. The second kappa shape index (κ2) is 4.42. The molecule has 0 bridgehead atoms. The minimum Gasteiger partial charge on any atom is -0.242 e. The van der Waals surface area contributed by atoms with Crippen molar-refractivity contribution in [3.05, 3.63) is 29.3 Å². The van der Waals surface area contributed by atoms with Gasteiger partial charge in [0.1, 0.15) is 18.0 Å². The van der Waals surface area contributed by atoms with E-state index in [9.17, 15) is 8.42 Å². The van der Waals surface area contributed by atoms with E-state index in [2.05, 4.69) is 15.1 Å². The van der Waals surface area contributed by atoms with Gasteiger partial charge in [-0.2, -0.15) is 10.4 Å². The summed E-state index contributed by atoms with van der Waals surface area (Å²) in [4.78, 5) is 7.84. The van der Waals surface area contributed by atoms with Gasteiger partial charge in [0.15, 0.2) is 10.8 Å². The van der Waals surface area contributed by atoms with E-state index in [0.29, 0.717) is 5.69 Å². The zero-order chi connectivity index (χ0) is 14.2. The third-order valence-corrected chi connectivity index (χ3v) is 3.32. The Balaban J connectivity index is 2.83. The minimum absolute atomic E-state index is 0.0845. The van der Waals surface area contributed by atoms with Gasteiger partial charge in [-0.1, -0.05) is 0 Å². The van der Waals surface area contributed by atoms with Crippen molar-refractivity contribution in [3.63, 3.8) is 0 Å². The van der Waals surface area contributed by atoms with E-state index in [1.165, 1.54) is 13.3 Å². The van der Waals surface area contributed by atoms with Crippen LogP contribution in [-0.2, 0) is 10.0 Å². The first-order valence-electron chi connectivity index (χ1n) is 5.16. The van der Waals surface area contributed by atoms with E-state index >= 15 is 0 Å². The molecule has 2 heterocycles. The summed E-state index contributed by atoms with van der Waals surface area (Å²) in [5.41, 5.74) is 0.818. The van der Waals surface area contributed by atoms with Gasteiger partial charge in [-0.25, -0.2) is 28.2 Å². The number of nitrogens with two attached hydrogens (primary N) is 1. The van der Waals surface area contributed by atoms with Gasteiger partial charge < -0.3 is 0 Å². The first-order valence-corrected chi connectivity index (χ1v) is 6.70. The summed E-state index contributed by atoms with van der Waals surface area (Å²) in [6.07, 6.45) is 1.28. The summed E-state index contributed by atoms with van der Waals surface area (Å²) < 4.78 is 24.3. The second-order valence-corrected chi connectivity index (χ2v) is 5.33. The van der Waals surface area contributed by atoms with Crippen LogP contribution in [0.15, 0.2) is 17.4 Å². The molecule has 19 heavy (non-hydrogen) atoms. The van der Waals surface area contributed by atoms with Crippen LogP contribution in [0.3, 0.4) is 0 Å². The maximum absolute atomic E-state index is 11.6. The average Bonchev–Trinajstić information content (AvgIpc) is 2.66. The zero-order valence-corrected chi connectivity index (χ0v) is 11.0. The molecule has 0 fully saturated rings. The molecule has 0 aliphatic carbocycles. The second-order valence-electron chi connectivity index (χ2n) is 3.85. The van der Waals surface area contributed by atoms with Crippen LogP contribution in [0.1, 0.15) is 17.0 Å². The Kier molecular flexibility index (Phi) is 3.05. The van der Waals surface area contributed by atoms with Crippen molar-refractivity contribution in [1.82, 2.24) is 19.7 Å². The highest BCUT2D eigenvalue weighted by Gasteiger charge is 2.25. The van der Waals surface area contributed by atoms with E-state index in [1.807, 2.05) is 0 Å². The maximum atomic E-state index is 11.6. The van der Waals surface area contributed by atoms with Crippen LogP contribution in [0, 0.1) is 25.2 Å². The largest absolute Gasteiger partial charge is 0.257 e. The summed E-state index contributed by atoms with van der Waals surface area (Å²) in [6, 6.07) is 3.33. The smallest absolute Gasteiger partial charge is 0.242 e. The molecule has 0 spiro atoms. The number of nitrogens with zero attached hydrogens (tertiary/aromatic N) is 5. The molecule has 0 aromatic carbocycles. The number of aromatic nitrogens is 4. The fourth-order valence-electron chi connectivity index (χ4n) is 1.61. The Morgan fingerprint density at radius 2 is 2.05 bits per heavy atom. The van der Waals surface area contributed by atoms with Crippen LogP contribution in [0.2, 0.25) is 0 Å². The Bertz CT molecular complexity index is 787. The van der Waals surface area contributed by atoms with Gasteiger partial charge in [0, 0.05) is 11.8 Å². The quantitative estimate of drug-likeness (QED) is 0.810. The van der Waals surface area contributed by atoms with Crippen molar-refractivity contribution < 1.29 is 8.42 Å². The maximum Gasteiger partial charge on any atom is 0.257 e. The molecule has 9 heteroatoms. The Morgan fingerprint density at radius 3 is 2.58 bits per heavy atom. The van der Waals surface area contributed by atoms with Gasteiger partial charge >= 0.3 is 0 Å². The molecule has 0 radical (unpaired) electrons. The van der Waals surface area contributed by atoms with Crippen molar-refractivity contribution in [2.24, 2.45) is 5.14 Å². The number of primary sulfonamides is 1. The van der Waals surface area contributed by atoms with E-state index in [4.69, 9.17) is 10.4 Å². The van der Waals surface area contributed by atoms with Crippen LogP contribution in [0.4, 0.5) is 0 Å². The molecule has 0 unspecified atom stereocenters. The summed E-state index contributed by atoms with van der Waals surface area (Å²) in [5.74, 6) is 0.237. The molecule has 2 aromatic rings. The highest BCUT2D eigenvalue weighted by Crippen LogP contribution is 2.20. The predicted molar refractivity (Wildman–Crippen MR) is 64.7 cm³/mol. The molecular weight excluding hydrogens is 268 g/mol. The first kappa shape index (κ1) is 13.1. The molecule has 98 valence electrons. The lowest BCUT2D eigenvalue weighted by Gasteiger charge is -2.05. The summed E-state index contributed by atoms with van der Waals surface area (Å²) in [5, 5.41) is 17.8. The highest BCUT2D eigenvalue weighted by atomic mass is 32.2. The molecule has 0 amide bonds. The Labute approximate surface area is 109 Å². The van der Waals surface area contributed by atoms with Crippen LogP contribution in [0.5, 0.6) is 0 Å². The third kappa shape index (κ3) is 2.31.